The van der Waals surface area contributed by atoms with Crippen LogP contribution >= 0.6 is 11.3 Å². The third-order valence-corrected chi connectivity index (χ3v) is 8.74. The number of thiophene rings is 1. The lowest BCUT2D eigenvalue weighted by Gasteiger charge is -2.38. The Kier molecular flexibility index (Phi) is 8.82. The van der Waals surface area contributed by atoms with Crippen LogP contribution < -0.4 is 22.2 Å². The number of halogens is 1. The Hall–Kier alpha value is -1.37. The van der Waals surface area contributed by atoms with Crippen molar-refractivity contribution in [3.8, 4) is 0 Å². The van der Waals surface area contributed by atoms with Crippen LogP contribution in [0.15, 0.2) is 12.1 Å². The molecule has 1 amide bonds. The predicted octanol–water partition coefficient (Wildman–Crippen LogP) is 1.24. The summed E-state index contributed by atoms with van der Waals surface area (Å²) in [5.41, 5.74) is 1.92. The van der Waals surface area contributed by atoms with Crippen LogP contribution in [-0.4, -0.2) is 43.2 Å². The van der Waals surface area contributed by atoms with Crippen LogP contribution in [0.4, 0.5) is 5.69 Å². The van der Waals surface area contributed by atoms with E-state index < -0.39 is 5.97 Å². The fourth-order valence-electron chi connectivity index (χ4n) is 5.49. The van der Waals surface area contributed by atoms with Crippen LogP contribution in [0.3, 0.4) is 0 Å². The third-order valence-electron chi connectivity index (χ3n) is 7.55. The Bertz CT molecular complexity index is 836. The predicted molar refractivity (Wildman–Crippen MR) is 126 cm³/mol. The van der Waals surface area contributed by atoms with Gasteiger partial charge >= 0.3 is 5.97 Å². The van der Waals surface area contributed by atoms with E-state index in [1.54, 1.807) is 0 Å². The topological polar surface area (TPSA) is 62.0 Å². The molecular formula is C25H37ClN2O3S. The fourth-order valence-corrected chi connectivity index (χ4v) is 6.54. The number of carboxylic acids is 1. The number of likely N-dealkylation sites (tertiary alicyclic amines) is 1. The number of allylic oxidation sites excluding steroid dienone is 2. The molecule has 0 unspecified atom stereocenters. The number of carbonyl (C=O) groups excluding carboxylic acids is 1. The van der Waals surface area contributed by atoms with Gasteiger partial charge in [0.1, 0.15) is 4.88 Å². The molecule has 32 heavy (non-hydrogen) atoms. The molecule has 5 nitrogen and oxygen atoms in total. The molecule has 0 bridgehead atoms. The van der Waals surface area contributed by atoms with Crippen molar-refractivity contribution in [2.75, 3.05) is 25.0 Å². The molecule has 0 atom stereocenters. The van der Waals surface area contributed by atoms with Crippen molar-refractivity contribution >= 4 is 34.5 Å². The first-order chi connectivity index (χ1) is 14.9. The molecule has 178 valence electrons. The van der Waals surface area contributed by atoms with Crippen molar-refractivity contribution in [3.05, 3.63) is 21.9 Å². The van der Waals surface area contributed by atoms with Gasteiger partial charge in [-0.1, -0.05) is 13.0 Å². The van der Waals surface area contributed by atoms with Crippen LogP contribution in [0.2, 0.25) is 0 Å². The highest BCUT2D eigenvalue weighted by atomic mass is 35.5. The Morgan fingerprint density at radius 1 is 1.09 bits per heavy atom. The van der Waals surface area contributed by atoms with E-state index in [0.717, 1.165) is 75.8 Å². The van der Waals surface area contributed by atoms with E-state index in [1.165, 1.54) is 28.2 Å². The number of amides is 1. The lowest BCUT2D eigenvalue weighted by molar-refractivity contribution is -0.884. The summed E-state index contributed by atoms with van der Waals surface area (Å²) in [6, 6.07) is 2.14. The number of nitrogens with one attached hydrogen (secondary N) is 1. The molecule has 7 heteroatoms. The number of nitrogens with zero attached hydrogens (tertiary/aromatic N) is 1. The van der Waals surface area contributed by atoms with Crippen LogP contribution in [0.1, 0.15) is 85.7 Å². The van der Waals surface area contributed by atoms with Gasteiger partial charge in [-0.25, -0.2) is 4.79 Å². The quantitative estimate of drug-likeness (QED) is 0.666. The molecule has 2 N–H and O–H groups in total. The number of hydrogen-bond acceptors (Lipinski definition) is 3. The average molecular weight is 481 g/mol. The van der Waals surface area contributed by atoms with Crippen LogP contribution in [0, 0.1) is 11.8 Å². The molecule has 3 aliphatic rings. The highest BCUT2D eigenvalue weighted by molar-refractivity contribution is 7.15. The van der Waals surface area contributed by atoms with E-state index in [-0.39, 0.29) is 30.3 Å². The summed E-state index contributed by atoms with van der Waals surface area (Å²) >= 11 is 1.36. The molecule has 2 heterocycles. The van der Waals surface area contributed by atoms with E-state index in [0.29, 0.717) is 16.5 Å². The smallest absolute Gasteiger partial charge is 0.348 e. The number of anilines is 1. The number of carboxylic acid groups (broad SMARTS) is 1. The maximum absolute atomic E-state index is 13.9. The summed E-state index contributed by atoms with van der Waals surface area (Å²) in [7, 11) is 2.20. The van der Waals surface area contributed by atoms with Crippen molar-refractivity contribution in [1.29, 1.82) is 0 Å². The SMILES string of the molecule is CC1CCC(C(=O)N(c2cc(C3=CCCCC3)sc2C(=O)O)C2CC[NH+](C)CC2)CC1.[Cl-]. The zero-order valence-corrected chi connectivity index (χ0v) is 20.9. The minimum absolute atomic E-state index is 0. The summed E-state index contributed by atoms with van der Waals surface area (Å²) in [6.45, 7) is 4.32. The van der Waals surface area contributed by atoms with E-state index >= 15 is 0 Å². The minimum Gasteiger partial charge on any atom is -1.00 e. The Morgan fingerprint density at radius 2 is 1.78 bits per heavy atom. The van der Waals surface area contributed by atoms with Crippen molar-refractivity contribution in [2.24, 2.45) is 11.8 Å². The molecule has 0 radical (unpaired) electrons. The number of piperidine rings is 1. The number of aromatic carboxylic acids is 1. The molecule has 1 aromatic heterocycles. The molecule has 1 saturated heterocycles. The van der Waals surface area contributed by atoms with Gasteiger partial charge in [0.15, 0.2) is 0 Å². The first-order valence-electron chi connectivity index (χ1n) is 12.1. The maximum Gasteiger partial charge on any atom is 0.348 e. The van der Waals surface area contributed by atoms with Gasteiger partial charge in [-0.2, -0.15) is 0 Å². The molecular weight excluding hydrogens is 444 g/mol. The van der Waals surface area contributed by atoms with E-state index in [9.17, 15) is 14.7 Å². The van der Waals surface area contributed by atoms with Gasteiger partial charge in [0.05, 0.1) is 25.8 Å². The largest absolute Gasteiger partial charge is 1.00 e. The zero-order valence-electron chi connectivity index (χ0n) is 19.4. The standard InChI is InChI=1S/C25H36N2O3S.ClH/c1-17-8-10-19(11-9-17)24(28)27(20-12-14-26(2)15-13-20)21-16-22(31-23(21)25(29)30)18-6-4-3-5-7-18;/h6,16-17,19-20H,3-5,7-15H2,1-2H3,(H,29,30);1H. The molecule has 2 fully saturated rings. The molecule has 0 spiro atoms. The van der Waals surface area contributed by atoms with Crippen LogP contribution in [0.25, 0.3) is 5.57 Å². The molecule has 1 aliphatic heterocycles. The van der Waals surface area contributed by atoms with Crippen molar-refractivity contribution in [3.63, 3.8) is 0 Å². The summed E-state index contributed by atoms with van der Waals surface area (Å²) in [6.07, 6.45) is 12.6. The van der Waals surface area contributed by atoms with Gasteiger partial charge in [0.2, 0.25) is 5.91 Å². The van der Waals surface area contributed by atoms with Gasteiger partial charge < -0.3 is 27.3 Å². The Morgan fingerprint density at radius 3 is 2.38 bits per heavy atom. The van der Waals surface area contributed by atoms with Gasteiger partial charge in [0, 0.05) is 29.7 Å². The molecule has 1 aromatic rings. The summed E-state index contributed by atoms with van der Waals surface area (Å²) in [4.78, 5) is 30.9. The van der Waals surface area contributed by atoms with Gasteiger partial charge in [-0.05, 0) is 68.9 Å². The van der Waals surface area contributed by atoms with E-state index in [4.69, 9.17) is 0 Å². The second-order valence-corrected chi connectivity index (χ2v) is 11.0. The number of rotatable bonds is 5. The van der Waals surface area contributed by atoms with Crippen LogP contribution in [0.5, 0.6) is 0 Å². The molecule has 0 aromatic carbocycles. The van der Waals surface area contributed by atoms with Crippen molar-refractivity contribution in [1.82, 2.24) is 0 Å². The number of quaternary nitrogens is 1. The normalized spacial score (nSPS) is 28.4. The van der Waals surface area contributed by atoms with Crippen molar-refractivity contribution in [2.45, 2.75) is 77.2 Å². The summed E-state index contributed by atoms with van der Waals surface area (Å²) in [5.74, 6) is -0.0238. The molecule has 1 saturated carbocycles. The van der Waals surface area contributed by atoms with Gasteiger partial charge in [-0.15, -0.1) is 11.3 Å². The summed E-state index contributed by atoms with van der Waals surface area (Å²) in [5, 5.41) is 10.0. The average Bonchev–Trinajstić information content (AvgIpc) is 3.22. The summed E-state index contributed by atoms with van der Waals surface area (Å²) < 4.78 is 0. The maximum atomic E-state index is 13.9. The monoisotopic (exact) mass is 480 g/mol. The van der Waals surface area contributed by atoms with Crippen LogP contribution in [-0.2, 0) is 4.79 Å². The highest BCUT2D eigenvalue weighted by Crippen LogP contribution is 2.41. The zero-order chi connectivity index (χ0) is 22.0. The minimum atomic E-state index is -0.906. The number of hydrogen-bond donors (Lipinski definition) is 2. The third kappa shape index (κ3) is 5.57. The lowest BCUT2D eigenvalue weighted by Crippen LogP contribution is -3.10. The first-order valence-corrected chi connectivity index (χ1v) is 13.0. The van der Waals surface area contributed by atoms with E-state index in [1.807, 2.05) is 11.0 Å². The molecule has 2 aliphatic carbocycles. The van der Waals surface area contributed by atoms with E-state index in [2.05, 4.69) is 20.0 Å². The highest BCUT2D eigenvalue weighted by Gasteiger charge is 2.37. The second kappa shape index (κ2) is 11.2. The fraction of sp³-hybridized carbons (Fsp3) is 0.680. The second-order valence-electron chi connectivity index (χ2n) is 9.96. The van der Waals surface area contributed by atoms with Gasteiger partial charge in [-0.3, -0.25) is 4.79 Å². The van der Waals surface area contributed by atoms with Crippen molar-refractivity contribution < 1.29 is 32.0 Å². The van der Waals surface area contributed by atoms with Gasteiger partial charge in [0.25, 0.3) is 0 Å². The first kappa shape index (κ1) is 25.3. The Labute approximate surface area is 202 Å². The molecule has 4 rings (SSSR count). The lowest BCUT2D eigenvalue weighted by atomic mass is 9.82. The Balaban J connectivity index is 0.00000289. The number of carbonyl (C=O) groups is 2.